The molecule has 0 radical (unpaired) electrons. The lowest BCUT2D eigenvalue weighted by atomic mass is 10.1. The van der Waals surface area contributed by atoms with E-state index in [0.717, 1.165) is 45.7 Å². The first-order valence-corrected chi connectivity index (χ1v) is 8.44. The number of ether oxygens (including phenoxy) is 2. The monoisotopic (exact) mass is 335 g/mol. The van der Waals surface area contributed by atoms with Gasteiger partial charge >= 0.3 is 0 Å². The molecule has 1 aromatic rings. The molecule has 6 nitrogen and oxygen atoms in total. The summed E-state index contributed by atoms with van der Waals surface area (Å²) in [6.07, 6.45) is 0.970. The number of methoxy groups -OCH3 is 2. The van der Waals surface area contributed by atoms with Crippen molar-refractivity contribution in [3.05, 3.63) is 23.8 Å². The van der Waals surface area contributed by atoms with E-state index in [1.165, 1.54) is 0 Å². The van der Waals surface area contributed by atoms with Crippen LogP contribution in [0.1, 0.15) is 16.8 Å². The van der Waals surface area contributed by atoms with Crippen LogP contribution in [0.2, 0.25) is 0 Å². The largest absolute Gasteiger partial charge is 0.493 e. The number of para-hydroxylation sites is 1. The number of piperazine rings is 1. The second-order valence-corrected chi connectivity index (χ2v) is 6.27. The lowest BCUT2D eigenvalue weighted by molar-refractivity contribution is 0.0779. The van der Waals surface area contributed by atoms with Crippen LogP contribution in [0, 0.1) is 0 Å². The van der Waals surface area contributed by atoms with E-state index in [-0.39, 0.29) is 5.91 Å². The normalized spacial score (nSPS) is 16.0. The summed E-state index contributed by atoms with van der Waals surface area (Å²) in [5.41, 5.74) is 0.541. The van der Waals surface area contributed by atoms with Crippen LogP contribution < -0.4 is 9.47 Å². The number of nitrogens with zero attached hydrogens (tertiary/aromatic N) is 3. The molecule has 0 bridgehead atoms. The van der Waals surface area contributed by atoms with Crippen LogP contribution >= 0.6 is 0 Å². The van der Waals surface area contributed by atoms with Gasteiger partial charge in [0.25, 0.3) is 5.91 Å². The Bertz CT molecular complexity index is 542. The fourth-order valence-corrected chi connectivity index (χ4v) is 2.97. The molecule has 1 heterocycles. The van der Waals surface area contributed by atoms with E-state index >= 15 is 0 Å². The van der Waals surface area contributed by atoms with Gasteiger partial charge in [0.05, 0.1) is 19.8 Å². The van der Waals surface area contributed by atoms with Gasteiger partial charge in [-0.05, 0) is 32.1 Å². The third-order valence-electron chi connectivity index (χ3n) is 4.54. The molecule has 0 saturated carbocycles. The number of rotatable bonds is 7. The summed E-state index contributed by atoms with van der Waals surface area (Å²) in [4.78, 5) is 19.3. The van der Waals surface area contributed by atoms with Crippen molar-refractivity contribution in [2.75, 3.05) is 67.6 Å². The minimum Gasteiger partial charge on any atom is -0.493 e. The number of carbonyl (C=O) groups is 1. The molecule has 1 saturated heterocycles. The van der Waals surface area contributed by atoms with Crippen molar-refractivity contribution in [2.45, 2.75) is 6.42 Å². The van der Waals surface area contributed by atoms with Crippen LogP contribution in [-0.4, -0.2) is 88.2 Å². The minimum atomic E-state index is -0.0378. The molecule has 6 heteroatoms. The van der Waals surface area contributed by atoms with Gasteiger partial charge in [-0.3, -0.25) is 4.79 Å². The highest BCUT2D eigenvalue weighted by Gasteiger charge is 2.20. The van der Waals surface area contributed by atoms with Crippen molar-refractivity contribution in [1.29, 1.82) is 0 Å². The second kappa shape index (κ2) is 8.89. The van der Waals surface area contributed by atoms with Gasteiger partial charge in [-0.1, -0.05) is 6.07 Å². The summed E-state index contributed by atoms with van der Waals surface area (Å²) >= 11 is 0. The minimum absolute atomic E-state index is 0.0378. The molecule has 0 aliphatic carbocycles. The summed E-state index contributed by atoms with van der Waals surface area (Å²) in [6.45, 7) is 6.22. The van der Waals surface area contributed by atoms with Crippen LogP contribution in [-0.2, 0) is 0 Å². The van der Waals surface area contributed by atoms with Crippen molar-refractivity contribution < 1.29 is 14.3 Å². The van der Waals surface area contributed by atoms with E-state index in [2.05, 4.69) is 16.8 Å². The van der Waals surface area contributed by atoms with Crippen molar-refractivity contribution >= 4 is 5.91 Å². The second-order valence-electron chi connectivity index (χ2n) is 6.27. The van der Waals surface area contributed by atoms with Crippen LogP contribution in [0.5, 0.6) is 11.5 Å². The van der Waals surface area contributed by atoms with E-state index in [0.29, 0.717) is 17.1 Å². The summed E-state index contributed by atoms with van der Waals surface area (Å²) in [5.74, 6) is 1.04. The molecule has 1 aliphatic heterocycles. The van der Waals surface area contributed by atoms with E-state index < -0.39 is 0 Å². The Kier molecular flexibility index (Phi) is 6.87. The van der Waals surface area contributed by atoms with E-state index in [9.17, 15) is 4.79 Å². The predicted molar refractivity (Wildman–Crippen MR) is 95.1 cm³/mol. The predicted octanol–water partition coefficient (Wildman–Crippen LogP) is 1.41. The van der Waals surface area contributed by atoms with Gasteiger partial charge in [0.15, 0.2) is 11.5 Å². The van der Waals surface area contributed by atoms with E-state index in [1.807, 2.05) is 13.1 Å². The number of likely N-dealkylation sites (N-methyl/N-ethyl adjacent to an activating group) is 1. The van der Waals surface area contributed by atoms with E-state index in [1.54, 1.807) is 31.3 Å². The lowest BCUT2D eigenvalue weighted by Crippen LogP contribution is -2.45. The molecule has 2 rings (SSSR count). The Morgan fingerprint density at radius 3 is 2.50 bits per heavy atom. The summed E-state index contributed by atoms with van der Waals surface area (Å²) in [6, 6.07) is 5.39. The molecule has 134 valence electrons. The zero-order chi connectivity index (χ0) is 17.5. The third-order valence-corrected chi connectivity index (χ3v) is 4.54. The van der Waals surface area contributed by atoms with Gasteiger partial charge in [0.2, 0.25) is 0 Å². The summed E-state index contributed by atoms with van der Waals surface area (Å²) < 4.78 is 10.6. The average molecular weight is 335 g/mol. The molecule has 0 spiro atoms. The zero-order valence-corrected chi connectivity index (χ0v) is 15.2. The summed E-state index contributed by atoms with van der Waals surface area (Å²) in [7, 11) is 7.13. The van der Waals surface area contributed by atoms with Gasteiger partial charge in [-0.15, -0.1) is 0 Å². The zero-order valence-electron chi connectivity index (χ0n) is 15.2. The van der Waals surface area contributed by atoms with Gasteiger partial charge in [0.1, 0.15) is 0 Å². The Hall–Kier alpha value is -1.79. The molecule has 0 unspecified atom stereocenters. The lowest BCUT2D eigenvalue weighted by Gasteiger charge is -2.32. The molecular formula is C18H29N3O3. The number of carbonyl (C=O) groups excluding carboxylic acids is 1. The maximum Gasteiger partial charge on any atom is 0.257 e. The topological polar surface area (TPSA) is 45.2 Å². The van der Waals surface area contributed by atoms with Crippen molar-refractivity contribution in [3.8, 4) is 11.5 Å². The third kappa shape index (κ3) is 4.61. The molecule has 0 aromatic heterocycles. The molecule has 0 N–H and O–H groups in total. The maximum absolute atomic E-state index is 12.7. The highest BCUT2D eigenvalue weighted by Crippen LogP contribution is 2.31. The number of benzene rings is 1. The first kappa shape index (κ1) is 18.5. The smallest absolute Gasteiger partial charge is 0.257 e. The Balaban J connectivity index is 1.88. The molecule has 1 aromatic carbocycles. The summed E-state index contributed by atoms with van der Waals surface area (Å²) in [5, 5.41) is 0. The molecule has 1 aliphatic rings. The Morgan fingerprint density at radius 2 is 1.88 bits per heavy atom. The first-order chi connectivity index (χ1) is 11.6. The Labute approximate surface area is 144 Å². The van der Waals surface area contributed by atoms with Crippen LogP contribution in [0.15, 0.2) is 18.2 Å². The van der Waals surface area contributed by atoms with Gasteiger partial charge in [0, 0.05) is 39.8 Å². The standard InChI is InChI=1S/C18H29N3O3/c1-19-11-13-21(14-12-19)10-6-9-20(2)18(22)15-7-5-8-16(23-3)17(15)24-4/h5,7-8H,6,9-14H2,1-4H3. The highest BCUT2D eigenvalue weighted by molar-refractivity contribution is 5.97. The fourth-order valence-electron chi connectivity index (χ4n) is 2.97. The van der Waals surface area contributed by atoms with Gasteiger partial charge < -0.3 is 24.2 Å². The van der Waals surface area contributed by atoms with Crippen LogP contribution in [0.25, 0.3) is 0 Å². The quantitative estimate of drug-likeness (QED) is 0.754. The molecule has 0 atom stereocenters. The Morgan fingerprint density at radius 1 is 1.17 bits per heavy atom. The number of amides is 1. The van der Waals surface area contributed by atoms with Crippen molar-refractivity contribution in [1.82, 2.24) is 14.7 Å². The van der Waals surface area contributed by atoms with Gasteiger partial charge in [-0.25, -0.2) is 0 Å². The number of hydrogen-bond acceptors (Lipinski definition) is 5. The maximum atomic E-state index is 12.7. The molecule has 1 fully saturated rings. The fraction of sp³-hybridized carbons (Fsp3) is 0.611. The highest BCUT2D eigenvalue weighted by atomic mass is 16.5. The molecule has 24 heavy (non-hydrogen) atoms. The van der Waals surface area contributed by atoms with E-state index in [4.69, 9.17) is 9.47 Å². The van der Waals surface area contributed by atoms with Crippen LogP contribution in [0.4, 0.5) is 0 Å². The number of hydrogen-bond donors (Lipinski definition) is 0. The van der Waals surface area contributed by atoms with Crippen LogP contribution in [0.3, 0.4) is 0 Å². The molecular weight excluding hydrogens is 306 g/mol. The SMILES string of the molecule is COc1cccc(C(=O)N(C)CCCN2CCN(C)CC2)c1OC. The molecule has 1 amide bonds. The van der Waals surface area contributed by atoms with Crippen molar-refractivity contribution in [2.24, 2.45) is 0 Å². The van der Waals surface area contributed by atoms with Crippen molar-refractivity contribution in [3.63, 3.8) is 0 Å². The average Bonchev–Trinajstić information content (AvgIpc) is 2.61. The van der Waals surface area contributed by atoms with Gasteiger partial charge in [-0.2, -0.15) is 0 Å². The first-order valence-electron chi connectivity index (χ1n) is 8.44.